The number of nitrogens with one attached hydrogen (secondary N) is 2. The lowest BCUT2D eigenvalue weighted by Gasteiger charge is -1.98. The second-order valence-corrected chi connectivity index (χ2v) is 4.29. The number of sulfonamides is 1. The van der Waals surface area contributed by atoms with Crippen LogP contribution in [0.5, 0.6) is 0 Å². The van der Waals surface area contributed by atoms with Gasteiger partial charge in [-0.05, 0) is 0 Å². The first-order chi connectivity index (χ1) is 5.58. The fraction of sp³-hybridized carbons (Fsp3) is 0.500. The average molecular weight is 189 g/mol. The third kappa shape index (κ3) is 3.49. The van der Waals surface area contributed by atoms with Gasteiger partial charge in [-0.15, -0.1) is 0 Å². The summed E-state index contributed by atoms with van der Waals surface area (Å²) in [5.41, 5.74) is 0. The van der Waals surface area contributed by atoms with E-state index in [0.717, 1.165) is 12.1 Å². The normalized spacial score (nSPS) is 11.8. The lowest BCUT2D eigenvalue weighted by atomic mass is 10.4. The van der Waals surface area contributed by atoms with Gasteiger partial charge < -0.3 is 4.98 Å². The number of aromatic amines is 1. The van der Waals surface area contributed by atoms with Gasteiger partial charge in [-0.2, -0.15) is 0 Å². The Labute approximate surface area is 71.3 Å². The summed E-state index contributed by atoms with van der Waals surface area (Å²) in [5, 5.41) is 0. The Morgan fingerprint density at radius 3 is 2.92 bits per heavy atom. The maximum Gasteiger partial charge on any atom is 0.208 e. The third-order valence-corrected chi connectivity index (χ3v) is 2.01. The van der Waals surface area contributed by atoms with Gasteiger partial charge in [0.2, 0.25) is 10.0 Å². The van der Waals surface area contributed by atoms with Gasteiger partial charge in [-0.3, -0.25) is 0 Å². The third-order valence-electron chi connectivity index (χ3n) is 1.28. The summed E-state index contributed by atoms with van der Waals surface area (Å²) < 4.78 is 23.6. The van der Waals surface area contributed by atoms with Crippen LogP contribution in [-0.2, 0) is 16.4 Å². The Hall–Kier alpha value is -0.880. The first-order valence-electron chi connectivity index (χ1n) is 3.51. The molecule has 1 heterocycles. The van der Waals surface area contributed by atoms with Crippen molar-refractivity contribution in [2.75, 3.05) is 12.8 Å². The van der Waals surface area contributed by atoms with E-state index >= 15 is 0 Å². The van der Waals surface area contributed by atoms with Crippen LogP contribution in [0.15, 0.2) is 12.4 Å². The zero-order chi connectivity index (χ0) is 9.03. The number of imidazole rings is 1. The summed E-state index contributed by atoms with van der Waals surface area (Å²) in [4.78, 5) is 6.82. The Morgan fingerprint density at radius 2 is 2.42 bits per heavy atom. The highest BCUT2D eigenvalue weighted by atomic mass is 32.2. The summed E-state index contributed by atoms with van der Waals surface area (Å²) >= 11 is 0. The van der Waals surface area contributed by atoms with Gasteiger partial charge in [0.15, 0.2) is 0 Å². The molecule has 6 heteroatoms. The molecule has 0 aliphatic heterocycles. The van der Waals surface area contributed by atoms with Gasteiger partial charge in [0, 0.05) is 25.4 Å². The number of hydrogen-bond acceptors (Lipinski definition) is 3. The van der Waals surface area contributed by atoms with E-state index in [0.29, 0.717) is 13.0 Å². The fourth-order valence-corrected chi connectivity index (χ4v) is 1.26. The maximum atomic E-state index is 10.6. The highest BCUT2D eigenvalue weighted by Crippen LogP contribution is 1.88. The van der Waals surface area contributed by atoms with Crippen LogP contribution >= 0.6 is 0 Å². The van der Waals surface area contributed by atoms with Crippen molar-refractivity contribution in [3.63, 3.8) is 0 Å². The van der Waals surface area contributed by atoms with Crippen LogP contribution in [0.1, 0.15) is 5.82 Å². The standard InChI is InChI=1S/C6H11N3O2S/c1-12(10,11)9-3-2-6-7-4-5-8-6/h4-5,9H,2-3H2,1H3,(H,7,8). The van der Waals surface area contributed by atoms with E-state index in [1.165, 1.54) is 0 Å². The second-order valence-electron chi connectivity index (χ2n) is 2.45. The number of rotatable bonds is 4. The lowest BCUT2D eigenvalue weighted by molar-refractivity contribution is 0.587. The van der Waals surface area contributed by atoms with E-state index in [2.05, 4.69) is 14.7 Å². The molecule has 0 radical (unpaired) electrons. The summed E-state index contributed by atoms with van der Waals surface area (Å²) in [7, 11) is -3.07. The molecule has 68 valence electrons. The van der Waals surface area contributed by atoms with Crippen LogP contribution < -0.4 is 4.72 Å². The van der Waals surface area contributed by atoms with Gasteiger partial charge in [-0.25, -0.2) is 18.1 Å². The summed E-state index contributed by atoms with van der Waals surface area (Å²) in [6, 6.07) is 0. The Kier molecular flexibility index (Phi) is 2.83. The molecule has 12 heavy (non-hydrogen) atoms. The molecule has 0 aromatic carbocycles. The maximum absolute atomic E-state index is 10.6. The molecule has 5 nitrogen and oxygen atoms in total. The minimum Gasteiger partial charge on any atom is -0.349 e. The molecule has 1 rings (SSSR count). The van der Waals surface area contributed by atoms with E-state index in [1.807, 2.05) is 0 Å². The second kappa shape index (κ2) is 3.68. The van der Waals surface area contributed by atoms with Crippen LogP contribution in [0, 0.1) is 0 Å². The number of hydrogen-bond donors (Lipinski definition) is 2. The molecule has 0 aliphatic carbocycles. The van der Waals surface area contributed by atoms with Crippen molar-refractivity contribution in [3.05, 3.63) is 18.2 Å². The van der Waals surface area contributed by atoms with E-state index < -0.39 is 10.0 Å². The molecule has 0 aliphatic rings. The molecule has 0 saturated heterocycles. The molecule has 0 fully saturated rings. The van der Waals surface area contributed by atoms with Crippen LogP contribution in [0.3, 0.4) is 0 Å². The van der Waals surface area contributed by atoms with Crippen molar-refractivity contribution in [1.82, 2.24) is 14.7 Å². The Morgan fingerprint density at radius 1 is 1.67 bits per heavy atom. The molecule has 1 aromatic heterocycles. The molecule has 0 unspecified atom stereocenters. The minimum absolute atomic E-state index is 0.381. The van der Waals surface area contributed by atoms with Crippen LogP contribution in [0.25, 0.3) is 0 Å². The fourth-order valence-electron chi connectivity index (χ4n) is 0.790. The highest BCUT2D eigenvalue weighted by molar-refractivity contribution is 7.88. The van der Waals surface area contributed by atoms with Crippen molar-refractivity contribution in [2.45, 2.75) is 6.42 Å². The molecule has 0 atom stereocenters. The zero-order valence-electron chi connectivity index (χ0n) is 6.74. The van der Waals surface area contributed by atoms with Crippen LogP contribution in [0.4, 0.5) is 0 Å². The smallest absolute Gasteiger partial charge is 0.208 e. The quantitative estimate of drug-likeness (QED) is 0.670. The summed E-state index contributed by atoms with van der Waals surface area (Å²) in [5.74, 6) is 0.783. The van der Waals surface area contributed by atoms with Gasteiger partial charge in [0.25, 0.3) is 0 Å². The summed E-state index contributed by atoms with van der Waals surface area (Å²) in [6.07, 6.45) is 5.06. The van der Waals surface area contributed by atoms with Gasteiger partial charge in [0.1, 0.15) is 5.82 Å². The molecule has 0 spiro atoms. The van der Waals surface area contributed by atoms with E-state index in [-0.39, 0.29) is 0 Å². The number of H-pyrrole nitrogens is 1. The zero-order valence-corrected chi connectivity index (χ0v) is 7.56. The number of aromatic nitrogens is 2. The Balaban J connectivity index is 2.29. The van der Waals surface area contributed by atoms with Gasteiger partial charge in [0.05, 0.1) is 6.26 Å². The molecule has 0 bridgehead atoms. The van der Waals surface area contributed by atoms with Crippen molar-refractivity contribution in [1.29, 1.82) is 0 Å². The van der Waals surface area contributed by atoms with E-state index in [1.54, 1.807) is 12.4 Å². The average Bonchev–Trinajstić information content (AvgIpc) is 2.36. The van der Waals surface area contributed by atoms with E-state index in [9.17, 15) is 8.42 Å². The van der Waals surface area contributed by atoms with Crippen molar-refractivity contribution in [2.24, 2.45) is 0 Å². The van der Waals surface area contributed by atoms with Gasteiger partial charge >= 0.3 is 0 Å². The van der Waals surface area contributed by atoms with E-state index in [4.69, 9.17) is 0 Å². The molecular weight excluding hydrogens is 178 g/mol. The summed E-state index contributed by atoms with van der Waals surface area (Å²) in [6.45, 7) is 0.381. The highest BCUT2D eigenvalue weighted by Gasteiger charge is 2.00. The molecule has 1 aromatic rings. The van der Waals surface area contributed by atoms with Crippen molar-refractivity contribution in [3.8, 4) is 0 Å². The predicted octanol–water partition coefficient (Wildman–Crippen LogP) is -0.499. The van der Waals surface area contributed by atoms with Gasteiger partial charge in [-0.1, -0.05) is 0 Å². The van der Waals surface area contributed by atoms with Crippen LogP contribution in [-0.4, -0.2) is 31.2 Å². The van der Waals surface area contributed by atoms with Crippen LogP contribution in [0.2, 0.25) is 0 Å². The molecule has 0 saturated carbocycles. The van der Waals surface area contributed by atoms with Crippen molar-refractivity contribution >= 4 is 10.0 Å². The monoisotopic (exact) mass is 189 g/mol. The minimum atomic E-state index is -3.07. The first-order valence-corrected chi connectivity index (χ1v) is 5.40. The predicted molar refractivity (Wildman–Crippen MR) is 45.1 cm³/mol. The molecule has 0 amide bonds. The SMILES string of the molecule is CS(=O)(=O)NCCc1ncc[nH]1. The topological polar surface area (TPSA) is 74.8 Å². The van der Waals surface area contributed by atoms with Crippen molar-refractivity contribution < 1.29 is 8.42 Å². The largest absolute Gasteiger partial charge is 0.349 e. The lowest BCUT2D eigenvalue weighted by Crippen LogP contribution is -2.24. The molecular formula is C6H11N3O2S. The first kappa shape index (κ1) is 9.21. The molecule has 2 N–H and O–H groups in total. The number of nitrogens with zero attached hydrogens (tertiary/aromatic N) is 1. The Bertz CT molecular complexity index is 317.